The van der Waals surface area contributed by atoms with Crippen molar-refractivity contribution in [2.45, 2.75) is 32.9 Å². The van der Waals surface area contributed by atoms with E-state index in [0.29, 0.717) is 23.6 Å². The molecule has 5 nitrogen and oxygen atoms in total. The molecule has 3 rings (SSSR count). The van der Waals surface area contributed by atoms with Crippen molar-refractivity contribution < 1.29 is 19.4 Å². The molecule has 1 unspecified atom stereocenters. The summed E-state index contributed by atoms with van der Waals surface area (Å²) >= 11 is 0. The molecule has 3 aromatic rings. The van der Waals surface area contributed by atoms with Crippen LogP contribution in [-0.2, 0) is 17.8 Å². The van der Waals surface area contributed by atoms with E-state index in [1.165, 1.54) is 12.5 Å². The van der Waals surface area contributed by atoms with Crippen LogP contribution in [0.5, 0.6) is 5.75 Å². The molecule has 0 fully saturated rings. The average molecular weight is 403 g/mol. The van der Waals surface area contributed by atoms with Crippen LogP contribution in [0.1, 0.15) is 41.0 Å². The Morgan fingerprint density at radius 3 is 2.57 bits per heavy atom. The maximum absolute atomic E-state index is 12.9. The smallest absolute Gasteiger partial charge is 0.344 e. The lowest BCUT2D eigenvalue weighted by atomic mass is 10.0. The Bertz CT molecular complexity index is 1050. The van der Waals surface area contributed by atoms with E-state index in [-0.39, 0.29) is 5.78 Å². The molecule has 0 saturated carbocycles. The van der Waals surface area contributed by atoms with Crippen LogP contribution in [0, 0.1) is 0 Å². The number of rotatable bonds is 9. The fraction of sp³-hybridized carbons (Fsp3) is 0.200. The highest BCUT2D eigenvalue weighted by Gasteiger charge is 2.13. The van der Waals surface area contributed by atoms with E-state index in [4.69, 9.17) is 9.84 Å². The molecular weight excluding hydrogens is 378 g/mol. The van der Waals surface area contributed by atoms with Crippen LogP contribution >= 0.6 is 0 Å². The van der Waals surface area contributed by atoms with Gasteiger partial charge in [0.15, 0.2) is 6.10 Å². The Kier molecular flexibility index (Phi) is 6.86. The number of nitrogens with zero attached hydrogens (tertiary/aromatic N) is 1. The molecule has 0 aliphatic carbocycles. The van der Waals surface area contributed by atoms with Crippen molar-refractivity contribution in [2.75, 3.05) is 0 Å². The van der Waals surface area contributed by atoms with E-state index in [1.807, 2.05) is 71.4 Å². The van der Waals surface area contributed by atoms with Gasteiger partial charge in [0.05, 0.1) is 5.69 Å². The van der Waals surface area contributed by atoms with Crippen LogP contribution in [0.15, 0.2) is 72.9 Å². The molecule has 1 heterocycles. The average Bonchev–Trinajstić information content (AvgIpc) is 3.22. The molecule has 0 spiro atoms. The fourth-order valence-corrected chi connectivity index (χ4v) is 3.07. The SMILES string of the molecule is CCc1ccc(C(=O)c2cccn2CC=Cc2cccc(OC(C)C(=O)O)c2)cc1. The van der Waals surface area contributed by atoms with Gasteiger partial charge in [-0.05, 0) is 48.7 Å². The van der Waals surface area contributed by atoms with Gasteiger partial charge < -0.3 is 14.4 Å². The Balaban J connectivity index is 1.68. The van der Waals surface area contributed by atoms with Crippen molar-refractivity contribution in [1.29, 1.82) is 0 Å². The number of carboxylic acids is 1. The van der Waals surface area contributed by atoms with Crippen molar-refractivity contribution in [3.63, 3.8) is 0 Å². The summed E-state index contributed by atoms with van der Waals surface area (Å²) in [5.41, 5.74) is 3.40. The highest BCUT2D eigenvalue weighted by molar-refractivity contribution is 6.08. The topological polar surface area (TPSA) is 68.5 Å². The lowest BCUT2D eigenvalue weighted by Gasteiger charge is -2.10. The summed E-state index contributed by atoms with van der Waals surface area (Å²) in [6, 6.07) is 18.6. The van der Waals surface area contributed by atoms with Crippen LogP contribution in [0.2, 0.25) is 0 Å². The van der Waals surface area contributed by atoms with Crippen molar-refractivity contribution >= 4 is 17.8 Å². The zero-order valence-electron chi connectivity index (χ0n) is 17.1. The molecule has 2 aromatic carbocycles. The predicted molar refractivity (Wildman–Crippen MR) is 117 cm³/mol. The number of aliphatic carboxylic acids is 1. The van der Waals surface area contributed by atoms with Crippen molar-refractivity contribution in [3.8, 4) is 5.75 Å². The van der Waals surface area contributed by atoms with Crippen molar-refractivity contribution in [2.24, 2.45) is 0 Å². The van der Waals surface area contributed by atoms with Gasteiger partial charge in [0, 0.05) is 18.3 Å². The Hall–Kier alpha value is -3.60. The largest absolute Gasteiger partial charge is 0.479 e. The zero-order valence-corrected chi connectivity index (χ0v) is 17.1. The standard InChI is InChI=1S/C25H25NO4/c1-3-19-11-13-21(14-12-19)24(27)23-10-6-16-26(23)15-5-8-20-7-4-9-22(17-20)30-18(2)25(28)29/h4-14,16-18H,3,15H2,1-2H3,(H,28,29). The van der Waals surface area contributed by atoms with Crippen LogP contribution in [0.3, 0.4) is 0 Å². The molecule has 1 N–H and O–H groups in total. The summed E-state index contributed by atoms with van der Waals surface area (Å²) in [5.74, 6) is -0.515. The molecule has 0 saturated heterocycles. The quantitative estimate of drug-likeness (QED) is 0.519. The van der Waals surface area contributed by atoms with Crippen LogP contribution < -0.4 is 4.74 Å². The molecule has 0 aliphatic heterocycles. The van der Waals surface area contributed by atoms with Crippen molar-refractivity contribution in [3.05, 3.63) is 95.3 Å². The second kappa shape index (κ2) is 9.74. The summed E-state index contributed by atoms with van der Waals surface area (Å²) in [4.78, 5) is 23.8. The van der Waals surface area contributed by atoms with Crippen LogP contribution in [0.25, 0.3) is 6.08 Å². The summed E-state index contributed by atoms with van der Waals surface area (Å²) in [6.45, 7) is 4.12. The third-order valence-electron chi connectivity index (χ3n) is 4.82. The van der Waals surface area contributed by atoms with Gasteiger partial charge in [0.2, 0.25) is 5.78 Å². The third kappa shape index (κ3) is 5.26. The second-order valence-corrected chi connectivity index (χ2v) is 7.00. The first-order valence-corrected chi connectivity index (χ1v) is 9.92. The lowest BCUT2D eigenvalue weighted by Crippen LogP contribution is -2.22. The third-order valence-corrected chi connectivity index (χ3v) is 4.82. The number of hydrogen-bond acceptors (Lipinski definition) is 3. The molecular formula is C25H25NO4. The molecule has 0 amide bonds. The first kappa shape index (κ1) is 21.1. The maximum atomic E-state index is 12.9. The van der Waals surface area contributed by atoms with E-state index in [9.17, 15) is 9.59 Å². The Labute approximate surface area is 176 Å². The summed E-state index contributed by atoms with van der Waals surface area (Å²) in [6.07, 6.45) is 5.78. The summed E-state index contributed by atoms with van der Waals surface area (Å²) < 4.78 is 7.30. The first-order valence-electron chi connectivity index (χ1n) is 9.92. The van der Waals surface area contributed by atoms with Gasteiger partial charge in [-0.1, -0.05) is 55.5 Å². The van der Waals surface area contributed by atoms with Gasteiger partial charge in [0.1, 0.15) is 5.75 Å². The molecule has 0 radical (unpaired) electrons. The minimum atomic E-state index is -1.01. The van der Waals surface area contributed by atoms with E-state index in [1.54, 1.807) is 12.1 Å². The normalized spacial score (nSPS) is 12.1. The van der Waals surface area contributed by atoms with E-state index in [2.05, 4.69) is 6.92 Å². The molecule has 0 bridgehead atoms. The number of aryl methyl sites for hydroxylation is 1. The Morgan fingerprint density at radius 2 is 1.87 bits per heavy atom. The number of carboxylic acid groups (broad SMARTS) is 1. The lowest BCUT2D eigenvalue weighted by molar-refractivity contribution is -0.144. The van der Waals surface area contributed by atoms with Gasteiger partial charge in [-0.3, -0.25) is 4.79 Å². The highest BCUT2D eigenvalue weighted by Crippen LogP contribution is 2.17. The number of ketones is 1. The molecule has 1 aromatic heterocycles. The molecule has 5 heteroatoms. The minimum absolute atomic E-state index is 0.00545. The van der Waals surface area contributed by atoms with E-state index >= 15 is 0 Å². The van der Waals surface area contributed by atoms with Gasteiger partial charge in [0.25, 0.3) is 0 Å². The second-order valence-electron chi connectivity index (χ2n) is 7.00. The first-order chi connectivity index (χ1) is 14.5. The molecule has 0 aliphatic rings. The fourth-order valence-electron chi connectivity index (χ4n) is 3.07. The van der Waals surface area contributed by atoms with E-state index < -0.39 is 12.1 Å². The monoisotopic (exact) mass is 403 g/mol. The predicted octanol–water partition coefficient (Wildman–Crippen LogP) is 4.85. The minimum Gasteiger partial charge on any atom is -0.479 e. The van der Waals surface area contributed by atoms with Gasteiger partial charge in [-0.2, -0.15) is 0 Å². The highest BCUT2D eigenvalue weighted by atomic mass is 16.5. The van der Waals surface area contributed by atoms with Gasteiger partial charge in [-0.25, -0.2) is 4.79 Å². The van der Waals surface area contributed by atoms with E-state index in [0.717, 1.165) is 12.0 Å². The maximum Gasteiger partial charge on any atom is 0.344 e. The number of ether oxygens (including phenoxy) is 1. The Morgan fingerprint density at radius 1 is 1.10 bits per heavy atom. The molecule has 30 heavy (non-hydrogen) atoms. The number of carbonyl (C=O) groups excluding carboxylic acids is 1. The number of carbonyl (C=O) groups is 2. The van der Waals surface area contributed by atoms with Crippen molar-refractivity contribution in [1.82, 2.24) is 4.57 Å². The number of allylic oxidation sites excluding steroid dienone is 1. The number of hydrogen-bond donors (Lipinski definition) is 1. The summed E-state index contributed by atoms with van der Waals surface area (Å²) in [7, 11) is 0. The number of benzene rings is 2. The molecule has 154 valence electrons. The molecule has 1 atom stereocenters. The summed E-state index contributed by atoms with van der Waals surface area (Å²) in [5, 5.41) is 8.97. The van der Waals surface area contributed by atoms with Gasteiger partial charge >= 0.3 is 5.97 Å². The van der Waals surface area contributed by atoms with Gasteiger partial charge in [-0.15, -0.1) is 0 Å². The zero-order chi connectivity index (χ0) is 21.5. The van der Waals surface area contributed by atoms with Crippen LogP contribution in [-0.4, -0.2) is 27.5 Å². The van der Waals surface area contributed by atoms with Crippen LogP contribution in [0.4, 0.5) is 0 Å². The number of aromatic nitrogens is 1.